The minimum absolute atomic E-state index is 0.0241. The predicted octanol–water partition coefficient (Wildman–Crippen LogP) is 3.37. The van der Waals surface area contributed by atoms with Crippen molar-refractivity contribution in [1.29, 1.82) is 0 Å². The molecule has 0 aliphatic carbocycles. The van der Waals surface area contributed by atoms with Crippen LogP contribution in [0.1, 0.15) is 28.8 Å². The summed E-state index contributed by atoms with van der Waals surface area (Å²) in [5.74, 6) is -0.449. The van der Waals surface area contributed by atoms with E-state index in [1.807, 2.05) is 37.3 Å². The second-order valence-corrected chi connectivity index (χ2v) is 4.87. The van der Waals surface area contributed by atoms with Gasteiger partial charge in [-0.1, -0.05) is 37.3 Å². The Hall–Kier alpha value is -2.36. The fourth-order valence-corrected chi connectivity index (χ4v) is 2.05. The summed E-state index contributed by atoms with van der Waals surface area (Å²) < 4.78 is 18.7. The van der Waals surface area contributed by atoms with E-state index < -0.39 is 11.7 Å². The fraction of sp³-hybridized carbons (Fsp3) is 0.235. The van der Waals surface area contributed by atoms with Crippen LogP contribution in [0.5, 0.6) is 5.75 Å². The molecule has 2 aromatic rings. The summed E-state index contributed by atoms with van der Waals surface area (Å²) in [5.41, 5.74) is 1.16. The van der Waals surface area contributed by atoms with Crippen LogP contribution in [0.3, 0.4) is 0 Å². The van der Waals surface area contributed by atoms with E-state index in [0.29, 0.717) is 12.3 Å². The quantitative estimate of drug-likeness (QED) is 0.915. The molecule has 21 heavy (non-hydrogen) atoms. The number of hydrogen-bond acceptors (Lipinski definition) is 2. The molecule has 1 amide bonds. The maximum Gasteiger partial charge on any atom is 0.254 e. The van der Waals surface area contributed by atoms with E-state index in [2.05, 4.69) is 5.32 Å². The van der Waals surface area contributed by atoms with Crippen LogP contribution in [-0.4, -0.2) is 19.6 Å². The molecular weight excluding hydrogens is 269 g/mol. The van der Waals surface area contributed by atoms with Gasteiger partial charge in [0.05, 0.1) is 12.7 Å². The first-order valence-electron chi connectivity index (χ1n) is 6.78. The lowest BCUT2D eigenvalue weighted by Gasteiger charge is -2.13. The molecule has 0 fully saturated rings. The van der Waals surface area contributed by atoms with E-state index in [4.69, 9.17) is 4.74 Å². The summed E-state index contributed by atoms with van der Waals surface area (Å²) in [4.78, 5) is 12.0. The summed E-state index contributed by atoms with van der Waals surface area (Å²) >= 11 is 0. The molecule has 110 valence electrons. The normalized spacial score (nSPS) is 11.8. The second-order valence-electron chi connectivity index (χ2n) is 4.87. The van der Waals surface area contributed by atoms with Gasteiger partial charge in [-0.15, -0.1) is 0 Å². The molecule has 0 aromatic heterocycles. The number of amides is 1. The minimum Gasteiger partial charge on any atom is -0.497 e. The average Bonchev–Trinajstić information content (AvgIpc) is 2.52. The van der Waals surface area contributed by atoms with Gasteiger partial charge in [-0.05, 0) is 23.6 Å². The van der Waals surface area contributed by atoms with Crippen molar-refractivity contribution >= 4 is 5.91 Å². The van der Waals surface area contributed by atoms with Crippen LogP contribution in [0, 0.1) is 5.82 Å². The molecule has 1 atom stereocenters. The van der Waals surface area contributed by atoms with Crippen molar-refractivity contribution < 1.29 is 13.9 Å². The Bertz CT molecular complexity index is 613. The highest BCUT2D eigenvalue weighted by Gasteiger charge is 2.14. The van der Waals surface area contributed by atoms with Crippen molar-refractivity contribution in [3.05, 3.63) is 65.5 Å². The summed E-state index contributed by atoms with van der Waals surface area (Å²) in [7, 11) is 1.45. The van der Waals surface area contributed by atoms with Gasteiger partial charge in [-0.2, -0.15) is 0 Å². The zero-order valence-electron chi connectivity index (χ0n) is 12.1. The number of hydrogen-bond donors (Lipinski definition) is 1. The Labute approximate surface area is 123 Å². The highest BCUT2D eigenvalue weighted by atomic mass is 19.1. The summed E-state index contributed by atoms with van der Waals surface area (Å²) in [5, 5.41) is 2.76. The van der Waals surface area contributed by atoms with E-state index in [9.17, 15) is 9.18 Å². The van der Waals surface area contributed by atoms with Gasteiger partial charge in [-0.25, -0.2) is 4.39 Å². The number of carbonyl (C=O) groups excluding carboxylic acids is 1. The van der Waals surface area contributed by atoms with Gasteiger partial charge in [0.1, 0.15) is 11.6 Å². The molecule has 0 unspecified atom stereocenters. The van der Waals surface area contributed by atoms with Crippen LogP contribution in [0.25, 0.3) is 0 Å². The van der Waals surface area contributed by atoms with E-state index in [1.165, 1.54) is 19.2 Å². The van der Waals surface area contributed by atoms with Crippen molar-refractivity contribution in [2.24, 2.45) is 0 Å². The van der Waals surface area contributed by atoms with E-state index in [1.54, 1.807) is 6.07 Å². The van der Waals surface area contributed by atoms with Crippen molar-refractivity contribution in [1.82, 2.24) is 5.32 Å². The van der Waals surface area contributed by atoms with Crippen molar-refractivity contribution in [2.75, 3.05) is 13.7 Å². The maximum atomic E-state index is 13.8. The monoisotopic (exact) mass is 287 g/mol. The molecule has 0 spiro atoms. The van der Waals surface area contributed by atoms with Crippen LogP contribution >= 0.6 is 0 Å². The molecule has 0 radical (unpaired) electrons. The van der Waals surface area contributed by atoms with Crippen molar-refractivity contribution in [3.8, 4) is 5.75 Å². The van der Waals surface area contributed by atoms with E-state index in [-0.39, 0.29) is 11.5 Å². The highest BCUT2D eigenvalue weighted by molar-refractivity contribution is 5.94. The molecule has 0 bridgehead atoms. The summed E-state index contributed by atoms with van der Waals surface area (Å²) in [6, 6.07) is 14.1. The lowest BCUT2D eigenvalue weighted by Crippen LogP contribution is -2.28. The molecular formula is C17H18FNO2. The van der Waals surface area contributed by atoms with Crippen LogP contribution in [0.2, 0.25) is 0 Å². The SMILES string of the molecule is COc1ccc(C(=O)NC[C@@H](C)c2ccccc2)c(F)c1. The number of methoxy groups -OCH3 is 1. The fourth-order valence-electron chi connectivity index (χ4n) is 2.05. The zero-order chi connectivity index (χ0) is 15.2. The van der Waals surface area contributed by atoms with E-state index >= 15 is 0 Å². The summed E-state index contributed by atoms with van der Waals surface area (Å²) in [6.45, 7) is 2.47. The molecule has 3 nitrogen and oxygen atoms in total. The summed E-state index contributed by atoms with van der Waals surface area (Å²) in [6.07, 6.45) is 0. The first-order valence-corrected chi connectivity index (χ1v) is 6.78. The Morgan fingerprint density at radius 2 is 1.95 bits per heavy atom. The molecule has 2 aromatic carbocycles. The van der Waals surface area contributed by atoms with Crippen LogP contribution < -0.4 is 10.1 Å². The number of rotatable bonds is 5. The maximum absolute atomic E-state index is 13.8. The van der Waals surface area contributed by atoms with E-state index in [0.717, 1.165) is 5.56 Å². The molecule has 0 aliphatic heterocycles. The van der Waals surface area contributed by atoms with Gasteiger partial charge in [0.25, 0.3) is 5.91 Å². The van der Waals surface area contributed by atoms with Gasteiger partial charge >= 0.3 is 0 Å². The number of nitrogens with one attached hydrogen (secondary N) is 1. The molecule has 4 heteroatoms. The number of benzene rings is 2. The zero-order valence-corrected chi connectivity index (χ0v) is 12.1. The lowest BCUT2D eigenvalue weighted by molar-refractivity contribution is 0.0947. The topological polar surface area (TPSA) is 38.3 Å². The third-order valence-electron chi connectivity index (χ3n) is 3.36. The predicted molar refractivity (Wildman–Crippen MR) is 80.1 cm³/mol. The average molecular weight is 287 g/mol. The Morgan fingerprint density at radius 1 is 1.24 bits per heavy atom. The minimum atomic E-state index is -0.584. The third kappa shape index (κ3) is 3.81. The molecule has 1 N–H and O–H groups in total. The van der Waals surface area contributed by atoms with Crippen molar-refractivity contribution in [2.45, 2.75) is 12.8 Å². The number of halogens is 1. The third-order valence-corrected chi connectivity index (χ3v) is 3.36. The molecule has 0 heterocycles. The van der Waals surface area contributed by atoms with Crippen LogP contribution in [0.4, 0.5) is 4.39 Å². The first-order chi connectivity index (χ1) is 10.1. The molecule has 0 saturated carbocycles. The van der Waals surface area contributed by atoms with Crippen molar-refractivity contribution in [3.63, 3.8) is 0 Å². The van der Waals surface area contributed by atoms with Crippen LogP contribution in [0.15, 0.2) is 48.5 Å². The van der Waals surface area contributed by atoms with Gasteiger partial charge in [0.15, 0.2) is 0 Å². The largest absolute Gasteiger partial charge is 0.497 e. The first kappa shape index (κ1) is 15.0. The standard InChI is InChI=1S/C17H18FNO2/c1-12(13-6-4-3-5-7-13)11-19-17(20)15-9-8-14(21-2)10-16(15)18/h3-10,12H,11H2,1-2H3,(H,19,20)/t12-/m1/s1. The Morgan fingerprint density at radius 3 is 2.57 bits per heavy atom. The smallest absolute Gasteiger partial charge is 0.254 e. The lowest BCUT2D eigenvalue weighted by atomic mass is 10.0. The van der Waals surface area contributed by atoms with Gasteiger partial charge in [-0.3, -0.25) is 4.79 Å². The Balaban J connectivity index is 1.99. The highest BCUT2D eigenvalue weighted by Crippen LogP contribution is 2.17. The van der Waals surface area contributed by atoms with Gasteiger partial charge < -0.3 is 10.1 Å². The Kier molecular flexibility index (Phi) is 4.93. The van der Waals surface area contributed by atoms with Crippen LogP contribution in [-0.2, 0) is 0 Å². The van der Waals surface area contributed by atoms with Gasteiger partial charge in [0.2, 0.25) is 0 Å². The molecule has 0 saturated heterocycles. The molecule has 2 rings (SSSR count). The number of ether oxygens (including phenoxy) is 1. The molecule has 0 aliphatic rings. The van der Waals surface area contributed by atoms with Gasteiger partial charge in [0, 0.05) is 12.6 Å². The number of carbonyl (C=O) groups is 1. The second kappa shape index (κ2) is 6.88.